The molecule has 8 heteroatoms. The molecule has 0 aromatic heterocycles. The van der Waals surface area contributed by atoms with Gasteiger partial charge in [0.2, 0.25) is 17.3 Å². The van der Waals surface area contributed by atoms with Gasteiger partial charge in [-0.1, -0.05) is 0 Å². The molecule has 1 unspecified atom stereocenters. The van der Waals surface area contributed by atoms with Crippen LogP contribution in [0, 0.1) is 0 Å². The first-order valence-corrected chi connectivity index (χ1v) is 5.33. The molecule has 0 amide bonds. The molecule has 1 atom stereocenters. The van der Waals surface area contributed by atoms with Crippen LogP contribution in [0.2, 0.25) is 0 Å². The molecule has 15 heavy (non-hydrogen) atoms. The van der Waals surface area contributed by atoms with Gasteiger partial charge in [-0.05, 0) is 13.8 Å². The van der Waals surface area contributed by atoms with Gasteiger partial charge >= 0.3 is 11.9 Å². The van der Waals surface area contributed by atoms with Crippen LogP contribution in [0.15, 0.2) is 0 Å². The van der Waals surface area contributed by atoms with Crippen LogP contribution in [0.3, 0.4) is 0 Å². The van der Waals surface area contributed by atoms with Crippen LogP contribution in [0.25, 0.3) is 0 Å². The Bertz CT molecular complexity index is 238. The summed E-state index contributed by atoms with van der Waals surface area (Å²) in [5, 5.41) is 0. The largest absolute Gasteiger partial charge is 0.464 e. The molecule has 7 nitrogen and oxygen atoms in total. The molecule has 0 aromatic carbocycles. The fraction of sp³-hybridized carbons (Fsp3) is 0.714. The van der Waals surface area contributed by atoms with Gasteiger partial charge in [-0.2, -0.15) is 4.72 Å². The highest BCUT2D eigenvalue weighted by molar-refractivity contribution is 7.77. The zero-order valence-corrected chi connectivity index (χ0v) is 9.20. The minimum absolute atomic E-state index is 0.0640. The maximum absolute atomic E-state index is 11.2. The molecule has 0 bridgehead atoms. The van der Waals surface area contributed by atoms with Gasteiger partial charge in [-0.15, -0.1) is 0 Å². The van der Waals surface area contributed by atoms with E-state index in [-0.39, 0.29) is 13.2 Å². The Hall–Kier alpha value is -0.990. The molecule has 0 aliphatic carbocycles. The first-order valence-electron chi connectivity index (χ1n) is 4.23. The summed E-state index contributed by atoms with van der Waals surface area (Å²) in [7, 11) is 0. The van der Waals surface area contributed by atoms with Crippen molar-refractivity contribution < 1.29 is 27.8 Å². The minimum Gasteiger partial charge on any atom is -0.464 e. The maximum Gasteiger partial charge on any atom is 0.335 e. The molecule has 0 rings (SSSR count). The number of nitrogens with one attached hydrogen (secondary N) is 1. The number of hydrogen-bond acceptors (Lipinski definition) is 5. The van der Waals surface area contributed by atoms with E-state index in [0.29, 0.717) is 0 Å². The highest BCUT2D eigenvalue weighted by Gasteiger charge is 2.30. The van der Waals surface area contributed by atoms with Crippen LogP contribution in [-0.2, 0) is 30.3 Å². The summed E-state index contributed by atoms with van der Waals surface area (Å²) < 4.78 is 29.8. The summed E-state index contributed by atoms with van der Waals surface area (Å²) in [6.45, 7) is 3.23. The van der Waals surface area contributed by atoms with E-state index in [1.165, 1.54) is 0 Å². The Labute approximate surface area is 89.5 Å². The van der Waals surface area contributed by atoms with Crippen molar-refractivity contribution in [2.45, 2.75) is 19.9 Å². The number of ether oxygens (including phenoxy) is 2. The Morgan fingerprint density at radius 1 is 1.27 bits per heavy atom. The lowest BCUT2D eigenvalue weighted by Crippen LogP contribution is -2.46. The van der Waals surface area contributed by atoms with Gasteiger partial charge in [0, 0.05) is 0 Å². The second-order valence-corrected chi connectivity index (χ2v) is 3.04. The van der Waals surface area contributed by atoms with Gasteiger partial charge < -0.3 is 9.47 Å². The second-order valence-electron chi connectivity index (χ2n) is 2.30. The van der Waals surface area contributed by atoms with Crippen molar-refractivity contribution in [3.8, 4) is 0 Å². The van der Waals surface area contributed by atoms with Crippen molar-refractivity contribution in [2.24, 2.45) is 0 Å². The third-order valence-corrected chi connectivity index (χ3v) is 1.70. The van der Waals surface area contributed by atoms with Crippen LogP contribution in [0.5, 0.6) is 0 Å². The monoisotopic (exact) mass is 239 g/mol. The molecule has 0 radical (unpaired) electrons. The SMILES string of the molecule is CCOC(=O)C(NS(=O)O)C(=O)OCC. The number of rotatable bonds is 6. The van der Waals surface area contributed by atoms with Crippen LogP contribution >= 0.6 is 0 Å². The molecule has 0 spiro atoms. The van der Waals surface area contributed by atoms with E-state index in [2.05, 4.69) is 9.47 Å². The minimum atomic E-state index is -2.50. The van der Waals surface area contributed by atoms with Crippen molar-refractivity contribution in [3.05, 3.63) is 0 Å². The number of carbonyl (C=O) groups excluding carboxylic acids is 2. The Balaban J connectivity index is 4.49. The maximum atomic E-state index is 11.2. The molecular formula is C7H13NO6S. The highest BCUT2D eigenvalue weighted by Crippen LogP contribution is 1.94. The summed E-state index contributed by atoms with van der Waals surface area (Å²) >= 11 is -2.50. The smallest absolute Gasteiger partial charge is 0.335 e. The van der Waals surface area contributed by atoms with Gasteiger partial charge in [0.15, 0.2) is 0 Å². The average Bonchev–Trinajstić information content (AvgIpc) is 2.14. The number of hydrogen-bond donors (Lipinski definition) is 2. The zero-order valence-electron chi connectivity index (χ0n) is 8.39. The van der Waals surface area contributed by atoms with Crippen LogP contribution in [-0.4, -0.2) is 40.0 Å². The fourth-order valence-electron chi connectivity index (χ4n) is 0.744. The molecule has 0 aliphatic rings. The first kappa shape index (κ1) is 14.0. The third kappa shape index (κ3) is 5.45. The lowest BCUT2D eigenvalue weighted by molar-refractivity contribution is -0.157. The van der Waals surface area contributed by atoms with Crippen molar-refractivity contribution in [1.82, 2.24) is 4.72 Å². The Morgan fingerprint density at radius 2 is 1.67 bits per heavy atom. The molecule has 0 aliphatic heterocycles. The van der Waals surface area contributed by atoms with E-state index in [4.69, 9.17) is 4.55 Å². The summed E-state index contributed by atoms with van der Waals surface area (Å²) in [6.07, 6.45) is 0. The highest BCUT2D eigenvalue weighted by atomic mass is 32.2. The normalized spacial score (nSPS) is 12.3. The molecule has 0 aromatic rings. The van der Waals surface area contributed by atoms with Crippen LogP contribution < -0.4 is 4.72 Å². The number of esters is 2. The molecule has 0 heterocycles. The predicted octanol–water partition coefficient (Wildman–Crippen LogP) is -0.792. The molecule has 0 saturated heterocycles. The molecular weight excluding hydrogens is 226 g/mol. The van der Waals surface area contributed by atoms with E-state index >= 15 is 0 Å². The van der Waals surface area contributed by atoms with Gasteiger partial charge in [0.25, 0.3) is 0 Å². The number of carbonyl (C=O) groups is 2. The molecule has 0 fully saturated rings. The van der Waals surface area contributed by atoms with Crippen molar-refractivity contribution >= 4 is 23.2 Å². The van der Waals surface area contributed by atoms with Crippen molar-refractivity contribution in [3.63, 3.8) is 0 Å². The standard InChI is InChI=1S/C7H13NO6S/c1-3-13-6(9)5(8-15(11)12)7(10)14-4-2/h5,8H,3-4H2,1-2H3,(H,11,12). The van der Waals surface area contributed by atoms with E-state index in [0.717, 1.165) is 0 Å². The quantitative estimate of drug-likeness (QED) is 0.358. The Kier molecular flexibility index (Phi) is 6.84. The van der Waals surface area contributed by atoms with Crippen molar-refractivity contribution in [1.29, 1.82) is 0 Å². The molecule has 88 valence electrons. The Morgan fingerprint density at radius 3 is 1.93 bits per heavy atom. The zero-order chi connectivity index (χ0) is 11.8. The van der Waals surface area contributed by atoms with E-state index < -0.39 is 29.2 Å². The van der Waals surface area contributed by atoms with E-state index in [1.54, 1.807) is 13.8 Å². The third-order valence-electron chi connectivity index (χ3n) is 1.26. The predicted molar refractivity (Wildman–Crippen MR) is 51.0 cm³/mol. The topological polar surface area (TPSA) is 102 Å². The summed E-state index contributed by atoms with van der Waals surface area (Å²) in [5.41, 5.74) is 0. The van der Waals surface area contributed by atoms with Crippen molar-refractivity contribution in [2.75, 3.05) is 13.2 Å². The van der Waals surface area contributed by atoms with E-state index in [1.807, 2.05) is 4.72 Å². The average molecular weight is 239 g/mol. The fourth-order valence-corrected chi connectivity index (χ4v) is 1.14. The second kappa shape index (κ2) is 7.32. The lowest BCUT2D eigenvalue weighted by atomic mass is 10.3. The summed E-state index contributed by atoms with van der Waals surface area (Å²) in [5.74, 6) is -1.89. The van der Waals surface area contributed by atoms with Gasteiger partial charge in [0.1, 0.15) is 0 Å². The molecule has 0 saturated carbocycles. The van der Waals surface area contributed by atoms with Gasteiger partial charge in [-0.3, -0.25) is 4.55 Å². The van der Waals surface area contributed by atoms with E-state index in [9.17, 15) is 13.8 Å². The van der Waals surface area contributed by atoms with Gasteiger partial charge in [0.05, 0.1) is 13.2 Å². The lowest BCUT2D eigenvalue weighted by Gasteiger charge is -2.13. The summed E-state index contributed by atoms with van der Waals surface area (Å²) in [6, 6.07) is -1.57. The molecule has 2 N–H and O–H groups in total. The summed E-state index contributed by atoms with van der Waals surface area (Å²) in [4.78, 5) is 22.3. The first-order chi connectivity index (χ1) is 7.02. The van der Waals surface area contributed by atoms with Gasteiger partial charge in [-0.25, -0.2) is 13.8 Å². The van der Waals surface area contributed by atoms with Crippen LogP contribution in [0.1, 0.15) is 13.8 Å². The van der Waals surface area contributed by atoms with Crippen LogP contribution in [0.4, 0.5) is 0 Å².